The molecule has 0 aliphatic carbocycles. The Bertz CT molecular complexity index is 614. The van der Waals surface area contributed by atoms with E-state index in [1.165, 1.54) is 0 Å². The largest absolute Gasteiger partial charge is 0.352 e. The summed E-state index contributed by atoms with van der Waals surface area (Å²) < 4.78 is 0. The molecule has 2 rings (SSSR count). The molecule has 1 aromatic rings. The molecular formula is C19H26N2O3. The molecule has 0 saturated carbocycles. The van der Waals surface area contributed by atoms with Crippen molar-refractivity contribution in [3.63, 3.8) is 0 Å². The van der Waals surface area contributed by atoms with Crippen molar-refractivity contribution in [1.29, 1.82) is 0 Å². The number of hydrogen-bond donors (Lipinski definition) is 2. The number of amides is 3. The van der Waals surface area contributed by atoms with Crippen molar-refractivity contribution in [2.24, 2.45) is 11.3 Å². The molecule has 0 unspecified atom stereocenters. The van der Waals surface area contributed by atoms with Crippen LogP contribution in [0.5, 0.6) is 0 Å². The average molecular weight is 330 g/mol. The zero-order valence-electron chi connectivity index (χ0n) is 14.6. The predicted octanol–water partition coefficient (Wildman–Crippen LogP) is 2.45. The normalized spacial score (nSPS) is 17.7. The van der Waals surface area contributed by atoms with E-state index in [1.54, 1.807) is 12.1 Å². The summed E-state index contributed by atoms with van der Waals surface area (Å²) in [5.74, 6) is -0.796. The Kier molecular flexibility index (Phi) is 5.75. The summed E-state index contributed by atoms with van der Waals surface area (Å²) in [7, 11) is 0. The van der Waals surface area contributed by atoms with E-state index >= 15 is 0 Å². The van der Waals surface area contributed by atoms with Crippen LogP contribution in [0.3, 0.4) is 0 Å². The Morgan fingerprint density at radius 1 is 1.21 bits per heavy atom. The van der Waals surface area contributed by atoms with E-state index < -0.39 is 0 Å². The van der Waals surface area contributed by atoms with Gasteiger partial charge in [-0.3, -0.25) is 19.7 Å². The van der Waals surface area contributed by atoms with Gasteiger partial charge in [-0.1, -0.05) is 32.9 Å². The molecule has 1 saturated heterocycles. The van der Waals surface area contributed by atoms with Gasteiger partial charge in [0, 0.05) is 18.5 Å². The maximum atomic E-state index is 12.1. The van der Waals surface area contributed by atoms with Gasteiger partial charge in [0.2, 0.25) is 11.8 Å². The lowest BCUT2D eigenvalue weighted by atomic mass is 9.91. The summed E-state index contributed by atoms with van der Waals surface area (Å²) in [6.45, 7) is 7.23. The lowest BCUT2D eigenvalue weighted by molar-refractivity contribution is -0.125. The molecule has 1 fully saturated rings. The van der Waals surface area contributed by atoms with Crippen molar-refractivity contribution < 1.29 is 14.4 Å². The van der Waals surface area contributed by atoms with Gasteiger partial charge in [0.15, 0.2) is 0 Å². The highest BCUT2D eigenvalue weighted by molar-refractivity contribution is 6.03. The van der Waals surface area contributed by atoms with E-state index in [2.05, 4.69) is 31.4 Å². The molecule has 0 radical (unpaired) electrons. The molecular weight excluding hydrogens is 304 g/mol. The maximum Gasteiger partial charge on any atom is 0.251 e. The van der Waals surface area contributed by atoms with Gasteiger partial charge in [-0.2, -0.15) is 0 Å². The molecule has 0 bridgehead atoms. The first-order chi connectivity index (χ1) is 11.2. The average Bonchev–Trinajstić information content (AvgIpc) is 2.81. The van der Waals surface area contributed by atoms with E-state index in [1.807, 2.05) is 12.1 Å². The van der Waals surface area contributed by atoms with Gasteiger partial charge < -0.3 is 5.32 Å². The van der Waals surface area contributed by atoms with Crippen LogP contribution in [-0.4, -0.2) is 24.3 Å². The minimum Gasteiger partial charge on any atom is -0.352 e. The Balaban J connectivity index is 1.82. The fourth-order valence-electron chi connectivity index (χ4n) is 2.77. The van der Waals surface area contributed by atoms with Gasteiger partial charge in [0.25, 0.3) is 5.91 Å². The summed E-state index contributed by atoms with van der Waals surface area (Å²) in [5.41, 5.74) is 1.84. The van der Waals surface area contributed by atoms with E-state index in [0.29, 0.717) is 18.5 Å². The van der Waals surface area contributed by atoms with Gasteiger partial charge >= 0.3 is 0 Å². The first-order valence-corrected chi connectivity index (χ1v) is 8.45. The number of rotatable bonds is 6. The molecule has 1 aliphatic heterocycles. The fraction of sp³-hybridized carbons (Fsp3) is 0.526. The fourth-order valence-corrected chi connectivity index (χ4v) is 2.77. The lowest BCUT2D eigenvalue weighted by Gasteiger charge is -2.17. The SMILES string of the molecule is CC(C)(C)CCCNC(=O)c1ccc(C[C@H]2CC(=O)NC2=O)cc1. The zero-order valence-corrected chi connectivity index (χ0v) is 14.6. The highest BCUT2D eigenvalue weighted by Gasteiger charge is 2.30. The summed E-state index contributed by atoms with van der Waals surface area (Å²) in [5, 5.41) is 5.24. The van der Waals surface area contributed by atoms with Gasteiger partial charge in [-0.25, -0.2) is 0 Å². The van der Waals surface area contributed by atoms with E-state index in [-0.39, 0.29) is 35.5 Å². The Hall–Kier alpha value is -2.17. The van der Waals surface area contributed by atoms with Crippen molar-refractivity contribution in [2.75, 3.05) is 6.54 Å². The second kappa shape index (κ2) is 7.60. The molecule has 1 heterocycles. The number of hydrogen-bond acceptors (Lipinski definition) is 3. The van der Waals surface area contributed by atoms with Crippen LogP contribution in [0.2, 0.25) is 0 Å². The summed E-state index contributed by atoms with van der Waals surface area (Å²) >= 11 is 0. The smallest absolute Gasteiger partial charge is 0.251 e. The van der Waals surface area contributed by atoms with Crippen molar-refractivity contribution in [3.8, 4) is 0 Å². The number of imide groups is 1. The first kappa shape index (κ1) is 18.2. The predicted molar refractivity (Wildman–Crippen MR) is 92.4 cm³/mol. The summed E-state index contributed by atoms with van der Waals surface area (Å²) in [6, 6.07) is 7.23. The van der Waals surface area contributed by atoms with Crippen molar-refractivity contribution in [3.05, 3.63) is 35.4 Å². The van der Waals surface area contributed by atoms with Gasteiger partial charge in [-0.15, -0.1) is 0 Å². The zero-order chi connectivity index (χ0) is 17.7. The van der Waals surface area contributed by atoms with Crippen LogP contribution in [0, 0.1) is 11.3 Å². The molecule has 130 valence electrons. The molecule has 0 spiro atoms. The molecule has 1 aromatic carbocycles. The van der Waals surface area contributed by atoms with Gasteiger partial charge in [-0.05, 0) is 42.4 Å². The van der Waals surface area contributed by atoms with Crippen LogP contribution < -0.4 is 10.6 Å². The first-order valence-electron chi connectivity index (χ1n) is 8.45. The van der Waals surface area contributed by atoms with Crippen LogP contribution in [0.25, 0.3) is 0 Å². The second-order valence-electron chi connectivity index (χ2n) is 7.63. The lowest BCUT2D eigenvalue weighted by Crippen LogP contribution is -2.25. The number of carbonyl (C=O) groups is 3. The maximum absolute atomic E-state index is 12.1. The molecule has 2 N–H and O–H groups in total. The molecule has 1 aliphatic rings. The monoisotopic (exact) mass is 330 g/mol. The van der Waals surface area contributed by atoms with Crippen molar-refractivity contribution >= 4 is 17.7 Å². The summed E-state index contributed by atoms with van der Waals surface area (Å²) in [6.07, 6.45) is 2.78. The molecule has 1 atom stereocenters. The third kappa shape index (κ3) is 5.48. The van der Waals surface area contributed by atoms with Gasteiger partial charge in [0.1, 0.15) is 0 Å². The van der Waals surface area contributed by atoms with Crippen LogP contribution in [0.1, 0.15) is 56.0 Å². The highest BCUT2D eigenvalue weighted by atomic mass is 16.2. The molecule has 24 heavy (non-hydrogen) atoms. The van der Waals surface area contributed by atoms with E-state index in [4.69, 9.17) is 0 Å². The standard InChI is InChI=1S/C19H26N2O3/c1-19(2,3)9-4-10-20-17(23)14-7-5-13(6-8-14)11-15-12-16(22)21-18(15)24/h5-8,15H,4,9-12H2,1-3H3,(H,20,23)(H,21,22,24)/t15-/m0/s1. The van der Waals surface area contributed by atoms with E-state index in [9.17, 15) is 14.4 Å². The molecule has 5 heteroatoms. The second-order valence-corrected chi connectivity index (χ2v) is 7.63. The third-order valence-corrected chi connectivity index (χ3v) is 4.15. The van der Waals surface area contributed by atoms with E-state index in [0.717, 1.165) is 18.4 Å². The molecule has 5 nitrogen and oxygen atoms in total. The highest BCUT2D eigenvalue weighted by Crippen LogP contribution is 2.20. The minimum atomic E-state index is -0.297. The van der Waals surface area contributed by atoms with Crippen molar-refractivity contribution in [1.82, 2.24) is 10.6 Å². The van der Waals surface area contributed by atoms with Crippen LogP contribution in [0.4, 0.5) is 0 Å². The van der Waals surface area contributed by atoms with Crippen LogP contribution >= 0.6 is 0 Å². The van der Waals surface area contributed by atoms with Gasteiger partial charge in [0.05, 0.1) is 5.92 Å². The number of benzene rings is 1. The Labute approximate surface area is 143 Å². The Morgan fingerprint density at radius 2 is 1.88 bits per heavy atom. The number of carbonyl (C=O) groups excluding carboxylic acids is 3. The van der Waals surface area contributed by atoms with Crippen LogP contribution in [0.15, 0.2) is 24.3 Å². The Morgan fingerprint density at radius 3 is 2.42 bits per heavy atom. The van der Waals surface area contributed by atoms with Crippen molar-refractivity contribution in [2.45, 2.75) is 46.5 Å². The third-order valence-electron chi connectivity index (χ3n) is 4.15. The molecule has 0 aromatic heterocycles. The van der Waals surface area contributed by atoms with Crippen LogP contribution in [-0.2, 0) is 16.0 Å². The number of nitrogens with one attached hydrogen (secondary N) is 2. The quantitative estimate of drug-likeness (QED) is 0.621. The summed E-state index contributed by atoms with van der Waals surface area (Å²) in [4.78, 5) is 34.9. The topological polar surface area (TPSA) is 75.3 Å². The molecule has 3 amide bonds. The minimum absolute atomic E-state index is 0.0794.